The van der Waals surface area contributed by atoms with Gasteiger partial charge >= 0.3 is 0 Å². The van der Waals surface area contributed by atoms with Crippen LogP contribution in [0.3, 0.4) is 0 Å². The van der Waals surface area contributed by atoms with Gasteiger partial charge in [0.2, 0.25) is 0 Å². The number of rotatable bonds is 4. The first kappa shape index (κ1) is 13.9. The van der Waals surface area contributed by atoms with Crippen molar-refractivity contribution in [3.63, 3.8) is 0 Å². The van der Waals surface area contributed by atoms with Crippen LogP contribution in [-0.2, 0) is 0 Å². The van der Waals surface area contributed by atoms with Gasteiger partial charge in [-0.15, -0.1) is 0 Å². The SMILES string of the molecule is CC(C)N1CCCC(NCC(C)(C)O)CC1. The number of nitrogens with zero attached hydrogens (tertiary/aromatic N) is 1. The molecule has 0 radical (unpaired) electrons. The Morgan fingerprint density at radius 1 is 1.31 bits per heavy atom. The molecule has 0 aromatic rings. The summed E-state index contributed by atoms with van der Waals surface area (Å²) in [5.74, 6) is 0. The fourth-order valence-electron chi connectivity index (χ4n) is 2.23. The summed E-state index contributed by atoms with van der Waals surface area (Å²) in [4.78, 5) is 2.55. The van der Waals surface area contributed by atoms with Gasteiger partial charge in [-0.3, -0.25) is 0 Å². The van der Waals surface area contributed by atoms with E-state index >= 15 is 0 Å². The van der Waals surface area contributed by atoms with Crippen LogP contribution in [0.5, 0.6) is 0 Å². The number of hydrogen-bond acceptors (Lipinski definition) is 3. The van der Waals surface area contributed by atoms with Crippen LogP contribution in [0.4, 0.5) is 0 Å². The van der Waals surface area contributed by atoms with Crippen molar-refractivity contribution < 1.29 is 5.11 Å². The zero-order valence-corrected chi connectivity index (χ0v) is 11.3. The molecule has 1 atom stereocenters. The van der Waals surface area contributed by atoms with Crippen LogP contribution in [0.1, 0.15) is 47.0 Å². The van der Waals surface area contributed by atoms with Crippen LogP contribution in [0, 0.1) is 0 Å². The van der Waals surface area contributed by atoms with Gasteiger partial charge in [0.15, 0.2) is 0 Å². The largest absolute Gasteiger partial charge is 0.389 e. The van der Waals surface area contributed by atoms with Gasteiger partial charge < -0.3 is 15.3 Å². The first-order chi connectivity index (χ1) is 7.38. The Bertz CT molecular complexity index is 199. The normalized spacial score (nSPS) is 24.8. The topological polar surface area (TPSA) is 35.5 Å². The van der Waals surface area contributed by atoms with E-state index in [-0.39, 0.29) is 0 Å². The van der Waals surface area contributed by atoms with Crippen LogP contribution >= 0.6 is 0 Å². The molecular formula is C13H28N2O. The molecule has 1 aliphatic heterocycles. The lowest BCUT2D eigenvalue weighted by Gasteiger charge is -2.25. The molecule has 1 heterocycles. The minimum Gasteiger partial charge on any atom is -0.389 e. The van der Waals surface area contributed by atoms with Crippen molar-refractivity contribution in [1.29, 1.82) is 0 Å². The van der Waals surface area contributed by atoms with Gasteiger partial charge in [-0.1, -0.05) is 0 Å². The number of hydrogen-bond donors (Lipinski definition) is 2. The molecule has 0 aromatic heterocycles. The lowest BCUT2D eigenvalue weighted by atomic mass is 10.1. The highest BCUT2D eigenvalue weighted by atomic mass is 16.3. The summed E-state index contributed by atoms with van der Waals surface area (Å²) in [6.45, 7) is 11.3. The van der Waals surface area contributed by atoms with Crippen LogP contribution in [0.2, 0.25) is 0 Å². The van der Waals surface area contributed by atoms with Crippen LogP contribution in [-0.4, -0.2) is 47.3 Å². The monoisotopic (exact) mass is 228 g/mol. The quantitative estimate of drug-likeness (QED) is 0.767. The second kappa shape index (κ2) is 5.99. The van der Waals surface area contributed by atoms with Crippen molar-refractivity contribution in [3.8, 4) is 0 Å². The number of aliphatic hydroxyl groups is 1. The molecule has 0 bridgehead atoms. The summed E-state index contributed by atoms with van der Waals surface area (Å²) in [5, 5.41) is 13.2. The highest BCUT2D eigenvalue weighted by Crippen LogP contribution is 2.13. The van der Waals surface area contributed by atoms with Gasteiger partial charge in [-0.05, 0) is 60.0 Å². The second-order valence-electron chi connectivity index (χ2n) is 5.95. The Balaban J connectivity index is 2.30. The maximum absolute atomic E-state index is 9.69. The van der Waals surface area contributed by atoms with Crippen molar-refractivity contribution in [3.05, 3.63) is 0 Å². The van der Waals surface area contributed by atoms with E-state index in [1.807, 2.05) is 13.8 Å². The average Bonchev–Trinajstić information content (AvgIpc) is 2.38. The first-order valence-corrected chi connectivity index (χ1v) is 6.58. The van der Waals surface area contributed by atoms with Gasteiger partial charge in [0.1, 0.15) is 0 Å². The Morgan fingerprint density at radius 2 is 2.00 bits per heavy atom. The fraction of sp³-hybridized carbons (Fsp3) is 1.00. The van der Waals surface area contributed by atoms with E-state index < -0.39 is 5.60 Å². The molecule has 0 amide bonds. The van der Waals surface area contributed by atoms with E-state index in [0.29, 0.717) is 18.6 Å². The minimum atomic E-state index is -0.593. The molecule has 1 rings (SSSR count). The van der Waals surface area contributed by atoms with Gasteiger partial charge in [-0.25, -0.2) is 0 Å². The molecule has 96 valence electrons. The lowest BCUT2D eigenvalue weighted by molar-refractivity contribution is 0.0756. The lowest BCUT2D eigenvalue weighted by Crippen LogP contribution is -2.41. The van der Waals surface area contributed by atoms with Crippen molar-refractivity contribution in [2.75, 3.05) is 19.6 Å². The predicted molar refractivity (Wildman–Crippen MR) is 68.6 cm³/mol. The molecule has 0 saturated carbocycles. The zero-order valence-electron chi connectivity index (χ0n) is 11.3. The van der Waals surface area contributed by atoms with E-state index in [0.717, 1.165) is 0 Å². The van der Waals surface area contributed by atoms with Crippen molar-refractivity contribution in [2.24, 2.45) is 0 Å². The van der Waals surface area contributed by atoms with Gasteiger partial charge in [0.25, 0.3) is 0 Å². The van der Waals surface area contributed by atoms with E-state index in [2.05, 4.69) is 24.1 Å². The molecular weight excluding hydrogens is 200 g/mol. The van der Waals surface area contributed by atoms with Crippen LogP contribution in [0.15, 0.2) is 0 Å². The van der Waals surface area contributed by atoms with Crippen molar-refractivity contribution in [1.82, 2.24) is 10.2 Å². The number of likely N-dealkylation sites (tertiary alicyclic amines) is 1. The molecule has 1 unspecified atom stereocenters. The Kier molecular flexibility index (Phi) is 5.22. The Labute approximate surface area is 100 Å². The Hall–Kier alpha value is -0.120. The van der Waals surface area contributed by atoms with Gasteiger partial charge in [-0.2, -0.15) is 0 Å². The fourth-order valence-corrected chi connectivity index (χ4v) is 2.23. The summed E-state index contributed by atoms with van der Waals surface area (Å²) >= 11 is 0. The van der Waals surface area contributed by atoms with Crippen LogP contribution < -0.4 is 5.32 Å². The van der Waals surface area contributed by atoms with E-state index in [9.17, 15) is 5.11 Å². The summed E-state index contributed by atoms with van der Waals surface area (Å²) in [5.41, 5.74) is -0.593. The molecule has 3 heteroatoms. The first-order valence-electron chi connectivity index (χ1n) is 6.58. The summed E-state index contributed by atoms with van der Waals surface area (Å²) in [7, 11) is 0. The molecule has 1 aliphatic rings. The molecule has 16 heavy (non-hydrogen) atoms. The smallest absolute Gasteiger partial charge is 0.0715 e. The number of nitrogens with one attached hydrogen (secondary N) is 1. The molecule has 1 fully saturated rings. The maximum atomic E-state index is 9.69. The second-order valence-corrected chi connectivity index (χ2v) is 5.95. The highest BCUT2D eigenvalue weighted by Gasteiger charge is 2.20. The summed E-state index contributed by atoms with van der Waals surface area (Å²) in [6, 6.07) is 1.24. The van der Waals surface area contributed by atoms with E-state index in [1.165, 1.54) is 32.4 Å². The maximum Gasteiger partial charge on any atom is 0.0715 e. The molecule has 0 aliphatic carbocycles. The third kappa shape index (κ3) is 5.28. The van der Waals surface area contributed by atoms with Gasteiger partial charge in [0, 0.05) is 18.6 Å². The molecule has 1 saturated heterocycles. The molecule has 0 aromatic carbocycles. The predicted octanol–water partition coefficient (Wildman–Crippen LogP) is 1.61. The summed E-state index contributed by atoms with van der Waals surface area (Å²) < 4.78 is 0. The van der Waals surface area contributed by atoms with E-state index in [4.69, 9.17) is 0 Å². The molecule has 2 N–H and O–H groups in total. The van der Waals surface area contributed by atoms with Crippen molar-refractivity contribution >= 4 is 0 Å². The third-order valence-electron chi connectivity index (χ3n) is 3.32. The molecule has 0 spiro atoms. The van der Waals surface area contributed by atoms with Gasteiger partial charge in [0.05, 0.1) is 5.60 Å². The minimum absolute atomic E-state index is 0.579. The third-order valence-corrected chi connectivity index (χ3v) is 3.32. The molecule has 3 nitrogen and oxygen atoms in total. The van der Waals surface area contributed by atoms with Crippen LogP contribution in [0.25, 0.3) is 0 Å². The van der Waals surface area contributed by atoms with Crippen molar-refractivity contribution in [2.45, 2.75) is 64.6 Å². The average molecular weight is 228 g/mol. The highest BCUT2D eigenvalue weighted by molar-refractivity contribution is 4.79. The zero-order chi connectivity index (χ0) is 12.2. The van der Waals surface area contributed by atoms with E-state index in [1.54, 1.807) is 0 Å². The summed E-state index contributed by atoms with van der Waals surface area (Å²) in [6.07, 6.45) is 3.70. The standard InChI is InChI=1S/C13H28N2O/c1-11(2)15-8-5-6-12(7-9-15)14-10-13(3,4)16/h11-12,14,16H,5-10H2,1-4H3. The Morgan fingerprint density at radius 3 is 2.56 bits per heavy atom.